The van der Waals surface area contributed by atoms with E-state index >= 15 is 0 Å². The largest absolute Gasteiger partial charge is 0.478 e. The molecule has 0 amide bonds. The van der Waals surface area contributed by atoms with E-state index in [0.29, 0.717) is 0 Å². The first kappa shape index (κ1) is 13.4. The van der Waals surface area contributed by atoms with Gasteiger partial charge in [0.05, 0.1) is 0 Å². The molecule has 0 aromatic heterocycles. The molecular formula is C11H16O4. The third-order valence-electron chi connectivity index (χ3n) is 1.99. The summed E-state index contributed by atoms with van der Waals surface area (Å²) in [6, 6.07) is 0. The van der Waals surface area contributed by atoms with Gasteiger partial charge in [-0.25, -0.2) is 9.59 Å². The van der Waals surface area contributed by atoms with Crippen LogP contribution in [0.5, 0.6) is 0 Å². The molecule has 0 aliphatic rings. The van der Waals surface area contributed by atoms with Gasteiger partial charge in [-0.3, -0.25) is 0 Å². The predicted molar refractivity (Wildman–Crippen MR) is 56.6 cm³/mol. The molecule has 2 N–H and O–H groups in total. The predicted octanol–water partition coefficient (Wildman–Crippen LogP) is 2.07. The minimum atomic E-state index is -1.05. The summed E-state index contributed by atoms with van der Waals surface area (Å²) < 4.78 is 0. The molecule has 4 heteroatoms. The third kappa shape index (κ3) is 5.00. The van der Waals surface area contributed by atoms with Crippen molar-refractivity contribution >= 4 is 11.9 Å². The van der Waals surface area contributed by atoms with Gasteiger partial charge >= 0.3 is 11.9 Å². The molecule has 84 valence electrons. The van der Waals surface area contributed by atoms with Gasteiger partial charge in [-0.15, -0.1) is 0 Å². The second kappa shape index (κ2) is 4.77. The average Bonchev–Trinajstić information content (AvgIpc) is 2.01. The normalized spacial score (nSPS) is 10.8. The van der Waals surface area contributed by atoms with Crippen molar-refractivity contribution in [1.29, 1.82) is 0 Å². The monoisotopic (exact) mass is 212 g/mol. The summed E-state index contributed by atoms with van der Waals surface area (Å²) >= 11 is 0. The van der Waals surface area contributed by atoms with Gasteiger partial charge in [0, 0.05) is 11.1 Å². The summed E-state index contributed by atoms with van der Waals surface area (Å²) in [5.74, 6) is -2.10. The van der Waals surface area contributed by atoms with Crippen LogP contribution in [0.2, 0.25) is 0 Å². The van der Waals surface area contributed by atoms with Crippen molar-refractivity contribution in [3.63, 3.8) is 0 Å². The highest BCUT2D eigenvalue weighted by Gasteiger charge is 2.24. The number of carbonyl (C=O) groups is 2. The Balaban J connectivity index is 4.43. The second-order valence-corrected chi connectivity index (χ2v) is 4.34. The van der Waals surface area contributed by atoms with Crippen molar-refractivity contribution in [3.8, 4) is 0 Å². The highest BCUT2D eigenvalue weighted by molar-refractivity contribution is 5.87. The first-order valence-electron chi connectivity index (χ1n) is 4.48. The van der Waals surface area contributed by atoms with Crippen molar-refractivity contribution in [2.45, 2.75) is 26.7 Å². The maximum atomic E-state index is 10.6. The molecule has 0 spiro atoms. The first-order chi connectivity index (χ1) is 6.65. The summed E-state index contributed by atoms with van der Waals surface area (Å²) in [7, 11) is 0. The number of rotatable bonds is 6. The Morgan fingerprint density at radius 1 is 1.00 bits per heavy atom. The molecule has 15 heavy (non-hydrogen) atoms. The molecule has 0 aliphatic heterocycles. The van der Waals surface area contributed by atoms with Crippen LogP contribution in [0.4, 0.5) is 0 Å². The van der Waals surface area contributed by atoms with Gasteiger partial charge in [-0.1, -0.05) is 27.0 Å². The van der Waals surface area contributed by atoms with Gasteiger partial charge in [-0.05, 0) is 18.3 Å². The molecule has 0 radical (unpaired) electrons. The molecular weight excluding hydrogens is 196 g/mol. The average molecular weight is 212 g/mol. The van der Waals surface area contributed by atoms with E-state index in [1.54, 1.807) is 13.8 Å². The molecule has 0 aliphatic carbocycles. The maximum absolute atomic E-state index is 10.6. The van der Waals surface area contributed by atoms with E-state index in [0.717, 1.165) is 0 Å². The molecule has 0 aromatic carbocycles. The standard InChI is InChI=1S/C11H16O4/c1-7(9(12)13)5-11(3,4)6-8(2)10(14)15/h1-2,5-6H2,3-4H3,(H,12,13)(H,14,15). The lowest BCUT2D eigenvalue weighted by Gasteiger charge is -2.24. The molecule has 0 fully saturated rings. The number of carboxylic acids is 2. The molecule has 0 saturated heterocycles. The molecule has 4 nitrogen and oxygen atoms in total. The van der Waals surface area contributed by atoms with Crippen LogP contribution in [0.15, 0.2) is 24.3 Å². The molecule has 0 aromatic rings. The van der Waals surface area contributed by atoms with Crippen LogP contribution in [0, 0.1) is 5.41 Å². The highest BCUT2D eigenvalue weighted by atomic mass is 16.4. The molecule has 0 atom stereocenters. The lowest BCUT2D eigenvalue weighted by molar-refractivity contribution is -0.133. The minimum Gasteiger partial charge on any atom is -0.478 e. The van der Waals surface area contributed by atoms with Crippen molar-refractivity contribution in [3.05, 3.63) is 24.3 Å². The van der Waals surface area contributed by atoms with Crippen LogP contribution in [-0.2, 0) is 9.59 Å². The fourth-order valence-corrected chi connectivity index (χ4v) is 1.37. The molecule has 0 unspecified atom stereocenters. The van der Waals surface area contributed by atoms with E-state index in [1.165, 1.54) is 0 Å². The fourth-order valence-electron chi connectivity index (χ4n) is 1.37. The summed E-state index contributed by atoms with van der Waals surface area (Å²) in [6.45, 7) is 10.4. The molecule has 0 rings (SSSR count). The molecule has 0 saturated carbocycles. The zero-order valence-electron chi connectivity index (χ0n) is 9.04. The van der Waals surface area contributed by atoms with E-state index in [2.05, 4.69) is 13.2 Å². The topological polar surface area (TPSA) is 74.6 Å². The lowest BCUT2D eigenvalue weighted by atomic mass is 9.80. The van der Waals surface area contributed by atoms with Gasteiger partial charge in [0.1, 0.15) is 0 Å². The van der Waals surface area contributed by atoms with E-state index in [-0.39, 0.29) is 24.0 Å². The SMILES string of the molecule is C=C(CC(C)(C)CC(=C)C(=O)O)C(=O)O. The Morgan fingerprint density at radius 3 is 1.47 bits per heavy atom. The Morgan fingerprint density at radius 2 is 1.27 bits per heavy atom. The third-order valence-corrected chi connectivity index (χ3v) is 1.99. The molecule has 0 heterocycles. The van der Waals surface area contributed by atoms with Gasteiger partial charge in [0.15, 0.2) is 0 Å². The summed E-state index contributed by atoms with van der Waals surface area (Å²) in [5.41, 5.74) is -0.290. The number of hydrogen-bond acceptors (Lipinski definition) is 2. The fraction of sp³-hybridized carbons (Fsp3) is 0.455. The van der Waals surface area contributed by atoms with Crippen LogP contribution in [0.1, 0.15) is 26.7 Å². The van der Waals surface area contributed by atoms with Crippen molar-refractivity contribution in [2.75, 3.05) is 0 Å². The Kier molecular flexibility index (Phi) is 4.27. The zero-order valence-corrected chi connectivity index (χ0v) is 9.04. The quantitative estimate of drug-likeness (QED) is 0.661. The van der Waals surface area contributed by atoms with Crippen LogP contribution in [0.25, 0.3) is 0 Å². The summed E-state index contributed by atoms with van der Waals surface area (Å²) in [6.07, 6.45) is 0.489. The summed E-state index contributed by atoms with van der Waals surface area (Å²) in [4.78, 5) is 21.1. The van der Waals surface area contributed by atoms with Crippen molar-refractivity contribution in [1.82, 2.24) is 0 Å². The summed E-state index contributed by atoms with van der Waals surface area (Å²) in [5, 5.41) is 17.3. The smallest absolute Gasteiger partial charge is 0.330 e. The molecule has 0 bridgehead atoms. The van der Waals surface area contributed by atoms with Crippen LogP contribution < -0.4 is 0 Å². The van der Waals surface area contributed by atoms with Gasteiger partial charge in [0.2, 0.25) is 0 Å². The first-order valence-corrected chi connectivity index (χ1v) is 4.48. The Hall–Kier alpha value is -1.58. The van der Waals surface area contributed by atoms with Gasteiger partial charge < -0.3 is 10.2 Å². The Bertz CT molecular complexity index is 283. The van der Waals surface area contributed by atoms with Crippen molar-refractivity contribution in [2.24, 2.45) is 5.41 Å². The van der Waals surface area contributed by atoms with Crippen LogP contribution in [-0.4, -0.2) is 22.2 Å². The maximum Gasteiger partial charge on any atom is 0.330 e. The number of carboxylic acid groups (broad SMARTS) is 2. The van der Waals surface area contributed by atoms with E-state index in [4.69, 9.17) is 10.2 Å². The van der Waals surface area contributed by atoms with E-state index in [1.807, 2.05) is 0 Å². The second-order valence-electron chi connectivity index (χ2n) is 4.34. The highest BCUT2D eigenvalue weighted by Crippen LogP contribution is 2.31. The zero-order chi connectivity index (χ0) is 12.2. The van der Waals surface area contributed by atoms with E-state index in [9.17, 15) is 9.59 Å². The van der Waals surface area contributed by atoms with E-state index < -0.39 is 17.4 Å². The van der Waals surface area contributed by atoms with Crippen LogP contribution in [0.3, 0.4) is 0 Å². The minimum absolute atomic E-state index is 0.0817. The van der Waals surface area contributed by atoms with Crippen LogP contribution >= 0.6 is 0 Å². The lowest BCUT2D eigenvalue weighted by Crippen LogP contribution is -2.18. The van der Waals surface area contributed by atoms with Gasteiger partial charge in [-0.2, -0.15) is 0 Å². The number of hydrogen-bond donors (Lipinski definition) is 2. The van der Waals surface area contributed by atoms with Crippen molar-refractivity contribution < 1.29 is 19.8 Å². The number of aliphatic carboxylic acids is 2. The Labute approximate surface area is 88.9 Å². The van der Waals surface area contributed by atoms with Gasteiger partial charge in [0.25, 0.3) is 0 Å².